The number of rotatable bonds is 5. The Balaban J connectivity index is 1.86. The quantitative estimate of drug-likeness (QED) is 0.864. The lowest BCUT2D eigenvalue weighted by atomic mass is 9.88. The van der Waals surface area contributed by atoms with Gasteiger partial charge in [0.05, 0.1) is 17.3 Å². The number of ether oxygens (including phenoxy) is 1. The van der Waals surface area contributed by atoms with Gasteiger partial charge in [-0.3, -0.25) is 9.59 Å². The van der Waals surface area contributed by atoms with Gasteiger partial charge in [0.15, 0.2) is 5.69 Å². The molecule has 7 nitrogen and oxygen atoms in total. The Morgan fingerprint density at radius 2 is 2.12 bits per heavy atom. The summed E-state index contributed by atoms with van der Waals surface area (Å²) in [7, 11) is 1.46. The monoisotopic (exact) mass is 377 g/mol. The normalized spacial score (nSPS) is 19.7. The minimum Gasteiger partial charge on any atom is -0.481 e. The molecule has 1 fully saturated rings. The third kappa shape index (κ3) is 3.20. The van der Waals surface area contributed by atoms with Gasteiger partial charge >= 0.3 is 5.97 Å². The maximum atomic E-state index is 12.9. The van der Waals surface area contributed by atoms with Gasteiger partial charge in [-0.25, -0.2) is 4.68 Å². The third-order valence-electron chi connectivity index (χ3n) is 4.71. The lowest BCUT2D eigenvalue weighted by Crippen LogP contribution is -2.40. The first-order chi connectivity index (χ1) is 12.4. The summed E-state index contributed by atoms with van der Waals surface area (Å²) >= 11 is 6.20. The Morgan fingerprint density at radius 1 is 1.38 bits per heavy atom. The van der Waals surface area contributed by atoms with E-state index in [0.29, 0.717) is 34.9 Å². The van der Waals surface area contributed by atoms with E-state index in [0.717, 1.165) is 0 Å². The number of hydrogen-bond acceptors (Lipinski definition) is 4. The summed E-state index contributed by atoms with van der Waals surface area (Å²) in [5.41, 5.74) is 0.610. The molecule has 0 bridgehead atoms. The zero-order valence-electron chi connectivity index (χ0n) is 14.6. The van der Waals surface area contributed by atoms with Crippen molar-refractivity contribution in [2.75, 3.05) is 26.8 Å². The lowest BCUT2D eigenvalue weighted by Gasteiger charge is -2.23. The van der Waals surface area contributed by atoms with E-state index in [-0.39, 0.29) is 19.1 Å². The number of carboxylic acid groups (broad SMARTS) is 1. The van der Waals surface area contributed by atoms with Crippen LogP contribution >= 0.6 is 11.6 Å². The molecule has 26 heavy (non-hydrogen) atoms. The van der Waals surface area contributed by atoms with Crippen LogP contribution in [0.25, 0.3) is 5.69 Å². The Morgan fingerprint density at radius 3 is 2.77 bits per heavy atom. The minimum atomic E-state index is -1.07. The number of likely N-dealkylation sites (tertiary alicyclic amines) is 1. The summed E-state index contributed by atoms with van der Waals surface area (Å²) in [4.78, 5) is 26.1. The van der Waals surface area contributed by atoms with E-state index in [1.54, 1.807) is 23.9 Å². The fourth-order valence-corrected chi connectivity index (χ4v) is 3.48. The van der Waals surface area contributed by atoms with Crippen molar-refractivity contribution in [3.63, 3.8) is 0 Å². The summed E-state index contributed by atoms with van der Waals surface area (Å²) in [5.74, 6) is -1.24. The second kappa shape index (κ2) is 7.09. The topological polar surface area (TPSA) is 84.7 Å². The molecule has 1 saturated heterocycles. The summed E-state index contributed by atoms with van der Waals surface area (Å²) in [6.45, 7) is 2.32. The summed E-state index contributed by atoms with van der Waals surface area (Å²) < 4.78 is 6.64. The van der Waals surface area contributed by atoms with Crippen LogP contribution in [0.1, 0.15) is 22.5 Å². The molecule has 1 aliphatic rings. The number of nitrogens with zero attached hydrogens (tertiary/aromatic N) is 3. The number of aryl methyl sites for hydroxylation is 1. The van der Waals surface area contributed by atoms with E-state index in [2.05, 4.69) is 5.10 Å². The minimum absolute atomic E-state index is 0.0686. The number of para-hydroxylation sites is 1. The first-order valence-corrected chi connectivity index (χ1v) is 8.58. The molecule has 2 aromatic rings. The van der Waals surface area contributed by atoms with Crippen LogP contribution in [0, 0.1) is 12.3 Å². The molecular weight excluding hydrogens is 358 g/mol. The first kappa shape index (κ1) is 18.4. The molecule has 1 unspecified atom stereocenters. The molecule has 8 heteroatoms. The van der Waals surface area contributed by atoms with Crippen molar-refractivity contribution in [1.82, 2.24) is 14.7 Å². The van der Waals surface area contributed by atoms with Gasteiger partial charge in [0, 0.05) is 32.0 Å². The summed E-state index contributed by atoms with van der Waals surface area (Å²) in [5, 5.41) is 14.5. The van der Waals surface area contributed by atoms with Crippen molar-refractivity contribution >= 4 is 23.5 Å². The van der Waals surface area contributed by atoms with E-state index >= 15 is 0 Å². The van der Waals surface area contributed by atoms with Gasteiger partial charge in [0.25, 0.3) is 5.91 Å². The molecule has 0 aliphatic carbocycles. The van der Waals surface area contributed by atoms with Crippen molar-refractivity contribution in [1.29, 1.82) is 0 Å². The Bertz CT molecular complexity index is 851. The number of amides is 1. The smallest absolute Gasteiger partial charge is 0.313 e. The van der Waals surface area contributed by atoms with Crippen molar-refractivity contribution in [3.05, 3.63) is 46.7 Å². The van der Waals surface area contributed by atoms with Crippen molar-refractivity contribution in [3.8, 4) is 5.69 Å². The van der Waals surface area contributed by atoms with Crippen LogP contribution in [0.5, 0.6) is 0 Å². The van der Waals surface area contributed by atoms with Gasteiger partial charge in [-0.2, -0.15) is 5.10 Å². The molecule has 0 saturated carbocycles. The number of carbonyl (C=O) groups excluding carboxylic acids is 1. The molecule has 2 heterocycles. The molecule has 1 atom stereocenters. The average Bonchev–Trinajstić information content (AvgIpc) is 3.20. The van der Waals surface area contributed by atoms with Crippen LogP contribution in [0.4, 0.5) is 0 Å². The van der Waals surface area contributed by atoms with Crippen molar-refractivity contribution < 1.29 is 19.4 Å². The summed E-state index contributed by atoms with van der Waals surface area (Å²) in [6.07, 6.45) is 2.09. The fraction of sp³-hybridized carbons (Fsp3) is 0.389. The lowest BCUT2D eigenvalue weighted by molar-refractivity contribution is -0.151. The first-order valence-electron chi connectivity index (χ1n) is 8.21. The van der Waals surface area contributed by atoms with Gasteiger partial charge < -0.3 is 14.7 Å². The molecule has 1 aromatic carbocycles. The zero-order chi connectivity index (χ0) is 18.9. The SMILES string of the molecule is COCC1(C(=O)O)CCN(C(=O)c2nn(-c3ccccc3Cl)cc2C)C1. The van der Waals surface area contributed by atoms with Gasteiger partial charge in [0.1, 0.15) is 5.41 Å². The Labute approximate surface area is 156 Å². The predicted octanol–water partition coefficient (Wildman–Crippen LogP) is 2.40. The van der Waals surface area contributed by atoms with Crippen LogP contribution in [0.3, 0.4) is 0 Å². The van der Waals surface area contributed by atoms with Crippen LogP contribution in [0.15, 0.2) is 30.5 Å². The molecular formula is C18H20ClN3O4. The highest BCUT2D eigenvalue weighted by Crippen LogP contribution is 2.32. The molecule has 1 N–H and O–H groups in total. The second-order valence-electron chi connectivity index (χ2n) is 6.55. The van der Waals surface area contributed by atoms with Gasteiger partial charge in [0.2, 0.25) is 0 Å². The van der Waals surface area contributed by atoms with E-state index in [4.69, 9.17) is 16.3 Å². The third-order valence-corrected chi connectivity index (χ3v) is 5.03. The van der Waals surface area contributed by atoms with Gasteiger partial charge in [-0.05, 0) is 25.5 Å². The maximum Gasteiger partial charge on any atom is 0.313 e. The number of carboxylic acids is 1. The number of hydrogen-bond donors (Lipinski definition) is 1. The van der Waals surface area contributed by atoms with E-state index < -0.39 is 11.4 Å². The Hall–Kier alpha value is -2.38. The highest BCUT2D eigenvalue weighted by atomic mass is 35.5. The van der Waals surface area contributed by atoms with Crippen LogP contribution in [-0.2, 0) is 9.53 Å². The maximum absolute atomic E-state index is 12.9. The van der Waals surface area contributed by atoms with E-state index in [9.17, 15) is 14.7 Å². The Kier molecular flexibility index (Phi) is 5.02. The number of aliphatic carboxylic acids is 1. The zero-order valence-corrected chi connectivity index (χ0v) is 15.4. The van der Waals surface area contributed by atoms with Gasteiger partial charge in [-0.15, -0.1) is 0 Å². The number of carbonyl (C=O) groups is 2. The van der Waals surface area contributed by atoms with Crippen molar-refractivity contribution in [2.45, 2.75) is 13.3 Å². The molecule has 1 amide bonds. The number of aromatic nitrogens is 2. The van der Waals surface area contributed by atoms with E-state index in [1.165, 1.54) is 12.0 Å². The van der Waals surface area contributed by atoms with Crippen LogP contribution < -0.4 is 0 Å². The van der Waals surface area contributed by atoms with Crippen LogP contribution in [0.2, 0.25) is 5.02 Å². The summed E-state index contributed by atoms with van der Waals surface area (Å²) in [6, 6.07) is 7.22. The molecule has 3 rings (SSSR count). The van der Waals surface area contributed by atoms with Crippen LogP contribution in [-0.4, -0.2) is 58.5 Å². The number of methoxy groups -OCH3 is 1. The number of halogens is 1. The van der Waals surface area contributed by atoms with Crippen molar-refractivity contribution in [2.24, 2.45) is 5.41 Å². The number of benzene rings is 1. The highest BCUT2D eigenvalue weighted by molar-refractivity contribution is 6.32. The average molecular weight is 378 g/mol. The molecule has 0 radical (unpaired) electrons. The van der Waals surface area contributed by atoms with Gasteiger partial charge in [-0.1, -0.05) is 23.7 Å². The predicted molar refractivity (Wildman–Crippen MR) is 95.8 cm³/mol. The van der Waals surface area contributed by atoms with E-state index in [1.807, 2.05) is 18.2 Å². The molecule has 1 aromatic heterocycles. The fourth-order valence-electron chi connectivity index (χ4n) is 3.26. The highest BCUT2D eigenvalue weighted by Gasteiger charge is 2.47. The largest absolute Gasteiger partial charge is 0.481 e. The molecule has 0 spiro atoms. The second-order valence-corrected chi connectivity index (χ2v) is 6.96. The molecule has 138 valence electrons. The standard InChI is InChI=1S/C18H20ClN3O4/c1-12-9-22(14-6-4-3-5-13(14)19)20-15(12)16(23)21-8-7-18(10-21,11-26-2)17(24)25/h3-6,9H,7-8,10-11H2,1-2H3,(H,24,25). The molecule has 1 aliphatic heterocycles.